The fourth-order valence-corrected chi connectivity index (χ4v) is 9.23. The van der Waals surface area contributed by atoms with Gasteiger partial charge >= 0.3 is 0 Å². The zero-order valence-electron chi connectivity index (χ0n) is 26.6. The summed E-state index contributed by atoms with van der Waals surface area (Å²) in [5, 5.41) is 10.6. The SMILES string of the molecule is COc1cc([C@H]2C3=CC[C@@H]4C(=O)N(c5ccc(Br)cc5)C(=O)[C@@H]4[C@@H]3C[C@H]3C(=O)C(c4ccccc4)=CC(=O)[C@@]23c2ccccc2)ccc1O. The van der Waals surface area contributed by atoms with Gasteiger partial charge in [-0.3, -0.25) is 24.1 Å². The van der Waals surface area contributed by atoms with Gasteiger partial charge < -0.3 is 9.84 Å². The monoisotopic (exact) mass is 713 g/mol. The number of halogens is 1. The molecular formula is C41H32BrNO6. The van der Waals surface area contributed by atoms with E-state index in [0.29, 0.717) is 34.4 Å². The van der Waals surface area contributed by atoms with Crippen LogP contribution in [0.25, 0.3) is 5.57 Å². The second kappa shape index (κ2) is 11.8. The van der Waals surface area contributed by atoms with E-state index in [9.17, 15) is 19.5 Å². The molecule has 4 aromatic carbocycles. The Morgan fingerprint density at radius 3 is 2.22 bits per heavy atom. The number of methoxy groups -OCH3 is 1. The summed E-state index contributed by atoms with van der Waals surface area (Å²) in [7, 11) is 1.46. The number of anilines is 1. The average molecular weight is 715 g/mol. The zero-order valence-corrected chi connectivity index (χ0v) is 28.2. The molecule has 0 spiro atoms. The van der Waals surface area contributed by atoms with E-state index in [2.05, 4.69) is 15.9 Å². The van der Waals surface area contributed by atoms with E-state index < -0.39 is 35.0 Å². The molecule has 0 bridgehead atoms. The summed E-state index contributed by atoms with van der Waals surface area (Å²) in [6.45, 7) is 0. The molecule has 0 radical (unpaired) electrons. The third kappa shape index (κ3) is 4.61. The molecule has 8 heteroatoms. The van der Waals surface area contributed by atoms with Crippen molar-refractivity contribution in [1.29, 1.82) is 0 Å². The first-order valence-electron chi connectivity index (χ1n) is 16.4. The van der Waals surface area contributed by atoms with Gasteiger partial charge in [0, 0.05) is 21.9 Å². The number of aromatic hydroxyl groups is 1. The molecule has 244 valence electrons. The highest BCUT2D eigenvalue weighted by Crippen LogP contribution is 2.64. The second-order valence-electron chi connectivity index (χ2n) is 13.2. The largest absolute Gasteiger partial charge is 0.504 e. The van der Waals surface area contributed by atoms with Gasteiger partial charge in [-0.1, -0.05) is 94.3 Å². The van der Waals surface area contributed by atoms with E-state index in [-0.39, 0.29) is 41.3 Å². The number of hydrogen-bond acceptors (Lipinski definition) is 6. The number of hydrogen-bond donors (Lipinski definition) is 1. The van der Waals surface area contributed by atoms with Crippen molar-refractivity contribution in [3.8, 4) is 11.5 Å². The Labute approximate surface area is 292 Å². The lowest BCUT2D eigenvalue weighted by atomic mass is 9.44. The molecule has 1 saturated carbocycles. The van der Waals surface area contributed by atoms with Gasteiger partial charge in [0.2, 0.25) is 11.8 Å². The van der Waals surface area contributed by atoms with Crippen LogP contribution in [0.5, 0.6) is 11.5 Å². The van der Waals surface area contributed by atoms with Gasteiger partial charge in [0.1, 0.15) is 0 Å². The molecular weight excluding hydrogens is 682 g/mol. The van der Waals surface area contributed by atoms with Crippen LogP contribution < -0.4 is 9.64 Å². The van der Waals surface area contributed by atoms with Crippen LogP contribution in [0.4, 0.5) is 5.69 Å². The number of carbonyl (C=O) groups is 4. The Kier molecular flexibility index (Phi) is 7.52. The number of fused-ring (bicyclic) bond motifs is 4. The fourth-order valence-electron chi connectivity index (χ4n) is 8.97. The maximum atomic E-state index is 15.1. The minimum Gasteiger partial charge on any atom is -0.504 e. The van der Waals surface area contributed by atoms with Crippen LogP contribution in [-0.4, -0.2) is 35.6 Å². The lowest BCUT2D eigenvalue weighted by molar-refractivity contribution is -0.135. The van der Waals surface area contributed by atoms with E-state index in [1.165, 1.54) is 24.2 Å². The van der Waals surface area contributed by atoms with E-state index in [4.69, 9.17) is 4.74 Å². The molecule has 0 aromatic heterocycles. The summed E-state index contributed by atoms with van der Waals surface area (Å²) < 4.78 is 6.37. The van der Waals surface area contributed by atoms with E-state index in [1.807, 2.05) is 66.7 Å². The van der Waals surface area contributed by atoms with Gasteiger partial charge in [-0.15, -0.1) is 0 Å². The highest BCUT2D eigenvalue weighted by atomic mass is 79.9. The number of Topliss-reactive ketones (excluding diaryl/α,β-unsaturated/α-hetero) is 1. The van der Waals surface area contributed by atoms with Crippen molar-refractivity contribution in [3.05, 3.63) is 142 Å². The molecule has 1 N–H and O–H groups in total. The molecule has 1 aliphatic heterocycles. The Morgan fingerprint density at radius 1 is 0.837 bits per heavy atom. The summed E-state index contributed by atoms with van der Waals surface area (Å²) in [6, 6.07) is 30.7. The van der Waals surface area contributed by atoms with Crippen LogP contribution in [-0.2, 0) is 24.6 Å². The van der Waals surface area contributed by atoms with Crippen molar-refractivity contribution >= 4 is 50.6 Å². The first-order valence-corrected chi connectivity index (χ1v) is 17.2. The maximum Gasteiger partial charge on any atom is 0.238 e. The van der Waals surface area contributed by atoms with Gasteiger partial charge in [0.15, 0.2) is 23.1 Å². The summed E-state index contributed by atoms with van der Waals surface area (Å²) in [4.78, 5) is 59.9. The number of nitrogens with zero attached hydrogens (tertiary/aromatic N) is 1. The molecule has 1 heterocycles. The van der Waals surface area contributed by atoms with Gasteiger partial charge in [-0.25, -0.2) is 0 Å². The Morgan fingerprint density at radius 2 is 1.53 bits per heavy atom. The van der Waals surface area contributed by atoms with Gasteiger partial charge in [0.05, 0.1) is 30.0 Å². The molecule has 4 aromatic rings. The lowest BCUT2D eigenvalue weighted by Gasteiger charge is -2.55. The maximum absolute atomic E-state index is 15.1. The number of imide groups is 1. The van der Waals surface area contributed by atoms with Crippen molar-refractivity contribution < 1.29 is 29.0 Å². The normalized spacial score (nSPS) is 27.6. The lowest BCUT2D eigenvalue weighted by Crippen LogP contribution is -2.58. The van der Waals surface area contributed by atoms with E-state index in [0.717, 1.165) is 10.0 Å². The molecule has 6 atom stereocenters. The van der Waals surface area contributed by atoms with E-state index in [1.54, 1.807) is 36.4 Å². The molecule has 2 fully saturated rings. The van der Waals surface area contributed by atoms with Crippen LogP contribution in [0.2, 0.25) is 0 Å². The van der Waals surface area contributed by atoms with Crippen LogP contribution in [0.15, 0.2) is 125 Å². The first kappa shape index (κ1) is 31.2. The van der Waals surface area contributed by atoms with Crippen molar-refractivity contribution in [2.24, 2.45) is 23.7 Å². The molecule has 8 rings (SSSR count). The fraction of sp³-hybridized carbons (Fsp3) is 0.220. The number of ether oxygens (including phenoxy) is 1. The molecule has 49 heavy (non-hydrogen) atoms. The second-order valence-corrected chi connectivity index (χ2v) is 14.1. The summed E-state index contributed by atoms with van der Waals surface area (Å²) in [5.41, 5.74) is 2.37. The van der Waals surface area contributed by atoms with Crippen LogP contribution in [0.3, 0.4) is 0 Å². The minimum atomic E-state index is -1.36. The number of amides is 2. The van der Waals surface area contributed by atoms with Gasteiger partial charge in [-0.05, 0) is 77.9 Å². The standard InChI is InChI=1S/C41H32BrNO6/c1-49-34-20-24(12-19-33(34)44)37-28-17-18-29-36(40(48)43(39(29)47)27-15-13-26(42)14-16-27)31(28)21-32-38(46)30(23-8-4-2-5-9-23)22-35(45)41(32,37)25-10-6-3-7-11-25/h2-17,19-20,22,29,31-32,36-37,44H,18,21H2,1H3/t29-,31+,32-,36-,37-,41-/m0/s1. The smallest absolute Gasteiger partial charge is 0.238 e. The Hall–Kier alpha value is -5.08. The number of rotatable bonds is 5. The molecule has 0 unspecified atom stereocenters. The first-order chi connectivity index (χ1) is 23.7. The number of benzene rings is 4. The van der Waals surface area contributed by atoms with E-state index >= 15 is 4.79 Å². The van der Waals surface area contributed by atoms with Gasteiger partial charge in [-0.2, -0.15) is 0 Å². The topological polar surface area (TPSA) is 101 Å². The van der Waals surface area contributed by atoms with Crippen LogP contribution in [0, 0.1) is 23.7 Å². The molecule has 2 amide bonds. The van der Waals surface area contributed by atoms with Crippen molar-refractivity contribution in [3.63, 3.8) is 0 Å². The summed E-state index contributed by atoms with van der Waals surface area (Å²) in [6.07, 6.45) is 4.07. The Balaban J connectivity index is 1.36. The third-order valence-corrected chi connectivity index (χ3v) is 11.5. The number of allylic oxidation sites excluding steroid dienone is 4. The summed E-state index contributed by atoms with van der Waals surface area (Å²) in [5.74, 6) is -4.09. The summed E-state index contributed by atoms with van der Waals surface area (Å²) >= 11 is 3.44. The average Bonchev–Trinajstić information content (AvgIpc) is 3.39. The van der Waals surface area contributed by atoms with Gasteiger partial charge in [0.25, 0.3) is 0 Å². The highest BCUT2D eigenvalue weighted by Gasteiger charge is 2.66. The number of carbonyl (C=O) groups excluding carboxylic acids is 4. The molecule has 1 saturated heterocycles. The predicted molar refractivity (Wildman–Crippen MR) is 188 cm³/mol. The van der Waals surface area contributed by atoms with Crippen molar-refractivity contribution in [2.75, 3.05) is 12.0 Å². The quantitative estimate of drug-likeness (QED) is 0.174. The number of phenolic OH excluding ortho intramolecular Hbond substituents is 1. The number of phenols is 1. The van der Waals surface area contributed by atoms with Crippen LogP contribution >= 0.6 is 15.9 Å². The number of ketones is 2. The minimum absolute atomic E-state index is 0.0550. The highest BCUT2D eigenvalue weighted by molar-refractivity contribution is 9.10. The third-order valence-electron chi connectivity index (χ3n) is 11.0. The molecule has 3 aliphatic carbocycles. The van der Waals surface area contributed by atoms with Crippen molar-refractivity contribution in [2.45, 2.75) is 24.2 Å². The Bertz CT molecular complexity index is 2090. The molecule has 4 aliphatic rings. The van der Waals surface area contributed by atoms with Crippen LogP contribution in [0.1, 0.15) is 35.4 Å². The van der Waals surface area contributed by atoms with Crippen molar-refractivity contribution in [1.82, 2.24) is 0 Å². The zero-order chi connectivity index (χ0) is 34.0. The molecule has 7 nitrogen and oxygen atoms in total. The predicted octanol–water partition coefficient (Wildman–Crippen LogP) is 7.19.